The summed E-state index contributed by atoms with van der Waals surface area (Å²) < 4.78 is 31.0. The quantitative estimate of drug-likeness (QED) is 0.543. The molecule has 0 bridgehead atoms. The van der Waals surface area contributed by atoms with Crippen LogP contribution in [0.25, 0.3) is 0 Å². The molecule has 2 N–H and O–H groups in total. The highest BCUT2D eigenvalue weighted by Gasteiger charge is 2.19. The zero-order valence-electron chi connectivity index (χ0n) is 15.1. The third-order valence-corrected chi connectivity index (χ3v) is 6.04. The van der Waals surface area contributed by atoms with Crippen LogP contribution in [0.15, 0.2) is 80.5 Å². The largest absolute Gasteiger partial charge is 0.455 e. The van der Waals surface area contributed by atoms with Crippen LogP contribution in [0.4, 0.5) is 5.69 Å². The number of anilines is 1. The molecule has 7 nitrogen and oxygen atoms in total. The summed E-state index contributed by atoms with van der Waals surface area (Å²) in [6, 6.07) is 17.8. The summed E-state index contributed by atoms with van der Waals surface area (Å²) >= 11 is 3.30. The van der Waals surface area contributed by atoms with Gasteiger partial charge in [-0.2, -0.15) is 0 Å². The highest BCUT2D eigenvalue weighted by atomic mass is 79.9. The van der Waals surface area contributed by atoms with Crippen molar-refractivity contribution in [1.82, 2.24) is 5.32 Å². The number of carbonyl (C=O) groups excluding carboxylic acids is 2. The maximum absolute atomic E-state index is 12.4. The molecule has 0 atom stereocenters. The first-order chi connectivity index (χ1) is 13.8. The second kappa shape index (κ2) is 9.06. The van der Waals surface area contributed by atoms with E-state index in [0.29, 0.717) is 5.69 Å². The highest BCUT2D eigenvalue weighted by Crippen LogP contribution is 2.18. The molecule has 0 saturated carbocycles. The summed E-state index contributed by atoms with van der Waals surface area (Å²) in [4.78, 5) is 24.3. The molecule has 0 radical (unpaired) electrons. The third kappa shape index (κ3) is 5.78. The molecule has 3 aromatic rings. The molecule has 2 aromatic carbocycles. The summed E-state index contributed by atoms with van der Waals surface area (Å²) in [5, 5.41) is 5.08. The summed E-state index contributed by atoms with van der Waals surface area (Å²) in [5.74, 6) is -1.31. The van der Waals surface area contributed by atoms with Crippen molar-refractivity contribution >= 4 is 43.3 Å². The van der Waals surface area contributed by atoms with E-state index in [-0.39, 0.29) is 28.7 Å². The van der Waals surface area contributed by atoms with Gasteiger partial charge in [-0.3, -0.25) is 9.59 Å². The molecule has 0 aliphatic carbocycles. The second-order valence-electron chi connectivity index (χ2n) is 6.08. The van der Waals surface area contributed by atoms with Gasteiger partial charge in [0.05, 0.1) is 11.4 Å². The normalized spacial score (nSPS) is 11.1. The fourth-order valence-electron chi connectivity index (χ4n) is 2.46. The van der Waals surface area contributed by atoms with Gasteiger partial charge in [0, 0.05) is 10.2 Å². The molecule has 0 spiro atoms. The van der Waals surface area contributed by atoms with Crippen molar-refractivity contribution in [3.8, 4) is 0 Å². The molecule has 0 fully saturated rings. The Kier molecular flexibility index (Phi) is 6.50. The Labute approximate surface area is 176 Å². The third-order valence-electron chi connectivity index (χ3n) is 3.86. The Morgan fingerprint density at radius 2 is 1.62 bits per heavy atom. The molecule has 29 heavy (non-hydrogen) atoms. The van der Waals surface area contributed by atoms with E-state index in [1.807, 2.05) is 0 Å². The van der Waals surface area contributed by atoms with Gasteiger partial charge < -0.3 is 15.1 Å². The van der Waals surface area contributed by atoms with Gasteiger partial charge in [0.25, 0.3) is 5.91 Å². The Hall–Kier alpha value is -2.91. The van der Waals surface area contributed by atoms with E-state index in [2.05, 4.69) is 26.6 Å². The van der Waals surface area contributed by atoms with Gasteiger partial charge >= 0.3 is 0 Å². The molecule has 0 saturated heterocycles. The van der Waals surface area contributed by atoms with E-state index in [1.165, 1.54) is 24.3 Å². The molecule has 3 rings (SSSR count). The number of amides is 2. The molecule has 1 aromatic heterocycles. The predicted octanol–water partition coefficient (Wildman–Crippen LogP) is 3.38. The SMILES string of the molecule is O=C(CNC(=O)c1ccc(CS(=O)(=O)c2ccccc2)o1)Nc1ccc(Br)cc1. The van der Waals surface area contributed by atoms with Crippen LogP contribution in [0.3, 0.4) is 0 Å². The van der Waals surface area contributed by atoms with Crippen molar-refractivity contribution in [3.05, 3.63) is 82.7 Å². The van der Waals surface area contributed by atoms with E-state index in [4.69, 9.17) is 4.42 Å². The topological polar surface area (TPSA) is 105 Å². The van der Waals surface area contributed by atoms with E-state index >= 15 is 0 Å². The van der Waals surface area contributed by atoms with Crippen LogP contribution in [0, 0.1) is 0 Å². The number of hydrogen-bond acceptors (Lipinski definition) is 5. The Balaban J connectivity index is 1.55. The fraction of sp³-hybridized carbons (Fsp3) is 0.100. The van der Waals surface area contributed by atoms with E-state index < -0.39 is 21.7 Å². The van der Waals surface area contributed by atoms with Crippen molar-refractivity contribution in [2.75, 3.05) is 11.9 Å². The smallest absolute Gasteiger partial charge is 0.287 e. The number of benzene rings is 2. The summed E-state index contributed by atoms with van der Waals surface area (Å²) in [6.07, 6.45) is 0. The van der Waals surface area contributed by atoms with Crippen LogP contribution in [-0.2, 0) is 20.4 Å². The van der Waals surface area contributed by atoms with Gasteiger partial charge in [0.15, 0.2) is 15.6 Å². The second-order valence-corrected chi connectivity index (χ2v) is 8.98. The fourth-order valence-corrected chi connectivity index (χ4v) is 3.99. The lowest BCUT2D eigenvalue weighted by atomic mass is 10.3. The number of furan rings is 1. The van der Waals surface area contributed by atoms with Crippen LogP contribution < -0.4 is 10.6 Å². The monoisotopic (exact) mass is 476 g/mol. The Morgan fingerprint density at radius 3 is 2.31 bits per heavy atom. The maximum Gasteiger partial charge on any atom is 0.287 e. The van der Waals surface area contributed by atoms with Gasteiger partial charge in [0.2, 0.25) is 5.91 Å². The molecule has 0 aliphatic rings. The van der Waals surface area contributed by atoms with E-state index in [0.717, 1.165) is 4.47 Å². The van der Waals surface area contributed by atoms with Crippen LogP contribution in [0.2, 0.25) is 0 Å². The average molecular weight is 477 g/mol. The predicted molar refractivity (Wildman–Crippen MR) is 111 cm³/mol. The number of hydrogen-bond donors (Lipinski definition) is 2. The van der Waals surface area contributed by atoms with Crippen molar-refractivity contribution in [2.45, 2.75) is 10.6 Å². The summed E-state index contributed by atoms with van der Waals surface area (Å²) in [6.45, 7) is -0.257. The minimum Gasteiger partial charge on any atom is -0.455 e. The zero-order valence-corrected chi connectivity index (χ0v) is 17.5. The summed E-state index contributed by atoms with van der Waals surface area (Å²) in [5.41, 5.74) is 0.596. The average Bonchev–Trinajstić information content (AvgIpc) is 3.16. The van der Waals surface area contributed by atoms with Crippen molar-refractivity contribution < 1.29 is 22.4 Å². The number of halogens is 1. The molecule has 0 aliphatic heterocycles. The first-order valence-electron chi connectivity index (χ1n) is 8.54. The lowest BCUT2D eigenvalue weighted by Gasteiger charge is -2.06. The lowest BCUT2D eigenvalue weighted by Crippen LogP contribution is -2.32. The standard InChI is InChI=1S/C20H17BrN2O5S/c21-14-6-8-15(9-7-14)23-19(24)12-22-20(25)18-11-10-16(28-18)13-29(26,27)17-4-2-1-3-5-17/h1-11H,12-13H2,(H,22,25)(H,23,24). The molecule has 0 unspecified atom stereocenters. The number of rotatable bonds is 7. The molecular formula is C20H17BrN2O5S. The first-order valence-corrected chi connectivity index (χ1v) is 11.0. The first kappa shape index (κ1) is 20.8. The maximum atomic E-state index is 12.4. The Morgan fingerprint density at radius 1 is 0.931 bits per heavy atom. The van der Waals surface area contributed by atoms with Gasteiger partial charge in [-0.25, -0.2) is 8.42 Å². The molecular weight excluding hydrogens is 460 g/mol. The van der Waals surface area contributed by atoms with Crippen molar-refractivity contribution in [3.63, 3.8) is 0 Å². The van der Waals surface area contributed by atoms with Crippen molar-refractivity contribution in [1.29, 1.82) is 0 Å². The van der Waals surface area contributed by atoms with Gasteiger partial charge in [-0.1, -0.05) is 34.1 Å². The van der Waals surface area contributed by atoms with Crippen molar-refractivity contribution in [2.24, 2.45) is 0 Å². The Bertz CT molecular complexity index is 1110. The molecule has 9 heteroatoms. The van der Waals surface area contributed by atoms with E-state index in [1.54, 1.807) is 42.5 Å². The molecule has 1 heterocycles. The number of sulfone groups is 1. The van der Waals surface area contributed by atoms with Crippen LogP contribution in [-0.4, -0.2) is 26.8 Å². The minimum absolute atomic E-state index is 0.0697. The van der Waals surface area contributed by atoms with Crippen LogP contribution in [0.1, 0.15) is 16.3 Å². The van der Waals surface area contributed by atoms with E-state index in [9.17, 15) is 18.0 Å². The zero-order chi connectivity index (χ0) is 20.9. The highest BCUT2D eigenvalue weighted by molar-refractivity contribution is 9.10. The molecule has 2 amide bonds. The number of carbonyl (C=O) groups is 2. The summed E-state index contributed by atoms with van der Waals surface area (Å²) in [7, 11) is -3.58. The van der Waals surface area contributed by atoms with Gasteiger partial charge in [0.1, 0.15) is 11.5 Å². The lowest BCUT2D eigenvalue weighted by molar-refractivity contribution is -0.115. The number of nitrogens with one attached hydrogen (secondary N) is 2. The van der Waals surface area contributed by atoms with Gasteiger partial charge in [-0.15, -0.1) is 0 Å². The minimum atomic E-state index is -3.58. The molecule has 150 valence electrons. The van der Waals surface area contributed by atoms with Crippen LogP contribution in [0.5, 0.6) is 0 Å². The van der Waals surface area contributed by atoms with Gasteiger partial charge in [-0.05, 0) is 48.5 Å². The van der Waals surface area contributed by atoms with Crippen LogP contribution >= 0.6 is 15.9 Å².